The van der Waals surface area contributed by atoms with Crippen LogP contribution in [0.15, 0.2) is 47.6 Å². The van der Waals surface area contributed by atoms with E-state index in [0.717, 1.165) is 12.8 Å². The molecule has 46 heavy (non-hydrogen) atoms. The van der Waals surface area contributed by atoms with Crippen molar-refractivity contribution in [3.8, 4) is 0 Å². The number of aromatic nitrogens is 1. The Morgan fingerprint density at radius 3 is 1.87 bits per heavy atom. The quantitative estimate of drug-likeness (QED) is 0.337. The summed E-state index contributed by atoms with van der Waals surface area (Å²) in [6, 6.07) is 4.89. The number of ether oxygens (including phenoxy) is 4. The average Bonchev–Trinajstić information content (AvgIpc) is 3.07. The molecule has 1 aromatic heterocycles. The summed E-state index contributed by atoms with van der Waals surface area (Å²) in [6.45, 7) is 22.1. The number of hydrogen-bond acceptors (Lipinski definition) is 10. The second kappa shape index (κ2) is 28.2. The molecule has 1 saturated heterocycles. The summed E-state index contributed by atoms with van der Waals surface area (Å²) in [4.78, 5) is 35.8. The van der Waals surface area contributed by atoms with Gasteiger partial charge in [-0.15, -0.1) is 0 Å². The molecule has 1 atom stereocenters. The first-order chi connectivity index (χ1) is 22.4. The van der Waals surface area contributed by atoms with Crippen molar-refractivity contribution in [3.05, 3.63) is 54.0 Å². The Balaban J connectivity index is 0.00000486. The molecule has 1 unspecified atom stereocenters. The summed E-state index contributed by atoms with van der Waals surface area (Å²) in [5.74, 6) is -2.17. The number of rotatable bonds is 10. The highest BCUT2D eigenvalue weighted by molar-refractivity contribution is 6.40. The van der Waals surface area contributed by atoms with Crippen molar-refractivity contribution in [2.45, 2.75) is 67.0 Å². The molecule has 2 heterocycles. The van der Waals surface area contributed by atoms with E-state index in [9.17, 15) is 19.8 Å². The van der Waals surface area contributed by atoms with E-state index in [4.69, 9.17) is 18.9 Å². The molecule has 2 rings (SSSR count). The van der Waals surface area contributed by atoms with Gasteiger partial charge in [0.05, 0.1) is 70.3 Å². The number of carboxylic acids is 2. The van der Waals surface area contributed by atoms with Gasteiger partial charge in [-0.3, -0.25) is 9.80 Å². The molecule has 0 bridgehead atoms. The van der Waals surface area contributed by atoms with E-state index in [1.54, 1.807) is 6.07 Å². The van der Waals surface area contributed by atoms with E-state index < -0.39 is 11.9 Å². The summed E-state index contributed by atoms with van der Waals surface area (Å²) in [5.41, 5.74) is 1.28. The zero-order chi connectivity index (χ0) is 34.6. The monoisotopic (exact) mass is 650 g/mol. The van der Waals surface area contributed by atoms with Gasteiger partial charge >= 0.3 is 11.9 Å². The molecule has 262 valence electrons. The lowest BCUT2D eigenvalue weighted by molar-refractivity contribution is -0.129. The Bertz CT molecular complexity index is 1010. The fourth-order valence-electron chi connectivity index (χ4n) is 4.45. The standard InChI is InChI=1S/C30H46N4O8.2C2H6/c1-4-8-28(25(5-2)32-26(6-3)29(35)36)34-13-17-41-21-19-39-15-11-33(12-16-40-20-22-42-18-14-34)23-24-9-7-10-27(31-24)30(37)38;2*1-2/h5-7,9-10,28H,3-4,8,11-23H2,1-2H3,(H,35,36)(H,37,38);2*1-2H3/b25-5-,32-26?;;. The second-order valence-electron chi connectivity index (χ2n) is 9.61. The zero-order valence-corrected chi connectivity index (χ0v) is 28.9. The Morgan fingerprint density at radius 1 is 0.913 bits per heavy atom. The van der Waals surface area contributed by atoms with Crippen molar-refractivity contribution < 1.29 is 38.7 Å². The maximum absolute atomic E-state index is 11.6. The van der Waals surface area contributed by atoms with Gasteiger partial charge in [-0.25, -0.2) is 19.6 Å². The fraction of sp³-hybridized carbons (Fsp3) is 0.647. The van der Waals surface area contributed by atoms with Crippen LogP contribution in [0.1, 0.15) is 70.6 Å². The van der Waals surface area contributed by atoms with Crippen molar-refractivity contribution >= 4 is 17.7 Å². The third-order valence-electron chi connectivity index (χ3n) is 6.61. The maximum Gasteiger partial charge on any atom is 0.354 e. The van der Waals surface area contributed by atoms with Gasteiger partial charge in [0.25, 0.3) is 0 Å². The molecule has 12 nitrogen and oxygen atoms in total. The van der Waals surface area contributed by atoms with Crippen LogP contribution in [0, 0.1) is 0 Å². The predicted octanol–water partition coefficient (Wildman–Crippen LogP) is 4.80. The molecule has 1 aliphatic heterocycles. The van der Waals surface area contributed by atoms with Crippen molar-refractivity contribution in [1.29, 1.82) is 0 Å². The van der Waals surface area contributed by atoms with Crippen LogP contribution in [0.3, 0.4) is 0 Å². The van der Waals surface area contributed by atoms with E-state index in [-0.39, 0.29) is 17.4 Å². The van der Waals surface area contributed by atoms with Crippen LogP contribution in [0.4, 0.5) is 0 Å². The van der Waals surface area contributed by atoms with Crippen LogP contribution in [0.25, 0.3) is 0 Å². The minimum absolute atomic E-state index is 0.0201. The Morgan fingerprint density at radius 2 is 1.43 bits per heavy atom. The highest BCUT2D eigenvalue weighted by atomic mass is 16.5. The number of nitrogens with zero attached hydrogens (tertiary/aromatic N) is 4. The summed E-state index contributed by atoms with van der Waals surface area (Å²) in [6.07, 6.45) is 4.80. The molecule has 1 aromatic rings. The number of hydrogen-bond donors (Lipinski definition) is 2. The molecule has 1 aliphatic rings. The predicted molar refractivity (Wildman–Crippen MR) is 182 cm³/mol. The first-order valence-corrected chi connectivity index (χ1v) is 16.5. The van der Waals surface area contributed by atoms with E-state index in [1.165, 1.54) is 12.1 Å². The molecule has 0 aromatic carbocycles. The average molecular weight is 651 g/mol. The van der Waals surface area contributed by atoms with E-state index in [0.29, 0.717) is 97.0 Å². The van der Waals surface area contributed by atoms with Crippen LogP contribution in [0.5, 0.6) is 0 Å². The first kappa shape index (κ1) is 43.0. The van der Waals surface area contributed by atoms with Crippen LogP contribution in [-0.2, 0) is 30.3 Å². The molecule has 12 heteroatoms. The molecule has 0 aliphatic carbocycles. The van der Waals surface area contributed by atoms with Crippen LogP contribution < -0.4 is 0 Å². The highest BCUT2D eigenvalue weighted by Crippen LogP contribution is 2.19. The largest absolute Gasteiger partial charge is 0.477 e. The van der Waals surface area contributed by atoms with Gasteiger partial charge in [-0.2, -0.15) is 0 Å². The van der Waals surface area contributed by atoms with Crippen LogP contribution in [-0.4, -0.2) is 128 Å². The van der Waals surface area contributed by atoms with E-state index in [2.05, 4.69) is 33.3 Å². The van der Waals surface area contributed by atoms with Crippen molar-refractivity contribution in [3.63, 3.8) is 0 Å². The van der Waals surface area contributed by atoms with Crippen LogP contribution in [0.2, 0.25) is 0 Å². The first-order valence-electron chi connectivity index (χ1n) is 16.5. The molecule has 0 spiro atoms. The maximum atomic E-state index is 11.6. The topological polar surface area (TPSA) is 143 Å². The minimum Gasteiger partial charge on any atom is -0.477 e. The van der Waals surface area contributed by atoms with Crippen molar-refractivity contribution in [2.24, 2.45) is 4.99 Å². The number of aliphatic carboxylic acids is 1. The van der Waals surface area contributed by atoms with Crippen LogP contribution >= 0.6 is 0 Å². The fourth-order valence-corrected chi connectivity index (χ4v) is 4.45. The lowest BCUT2D eigenvalue weighted by atomic mass is 10.1. The van der Waals surface area contributed by atoms with E-state index >= 15 is 0 Å². The number of carboxylic acid groups (broad SMARTS) is 2. The lowest BCUT2D eigenvalue weighted by Crippen LogP contribution is -2.41. The van der Waals surface area contributed by atoms with Gasteiger partial charge < -0.3 is 29.2 Å². The van der Waals surface area contributed by atoms with Crippen molar-refractivity contribution in [1.82, 2.24) is 14.8 Å². The van der Waals surface area contributed by atoms with Gasteiger partial charge in [0.15, 0.2) is 0 Å². The zero-order valence-electron chi connectivity index (χ0n) is 28.9. The molecular formula is C34H58N4O8. The van der Waals surface area contributed by atoms with Gasteiger partial charge in [0, 0.05) is 32.7 Å². The summed E-state index contributed by atoms with van der Waals surface area (Å²) >= 11 is 0. The van der Waals surface area contributed by atoms with Gasteiger partial charge in [-0.1, -0.05) is 59.8 Å². The summed E-state index contributed by atoms with van der Waals surface area (Å²) in [5, 5.41) is 18.7. The van der Waals surface area contributed by atoms with Gasteiger partial charge in [0.2, 0.25) is 0 Å². The Labute approximate surface area is 276 Å². The molecular weight excluding hydrogens is 592 g/mol. The highest BCUT2D eigenvalue weighted by Gasteiger charge is 2.22. The normalized spacial score (nSPS) is 18.0. The molecule has 2 N–H and O–H groups in total. The number of carbonyl (C=O) groups is 2. The summed E-state index contributed by atoms with van der Waals surface area (Å²) < 4.78 is 23.4. The molecule has 0 radical (unpaired) electrons. The molecule has 0 amide bonds. The van der Waals surface area contributed by atoms with Gasteiger partial charge in [0.1, 0.15) is 11.4 Å². The van der Waals surface area contributed by atoms with Gasteiger partial charge in [-0.05, 0) is 31.6 Å². The van der Waals surface area contributed by atoms with Crippen molar-refractivity contribution in [2.75, 3.05) is 79.0 Å². The van der Waals surface area contributed by atoms with E-state index in [1.807, 2.05) is 46.8 Å². The lowest BCUT2D eigenvalue weighted by Gasteiger charge is -2.32. The molecule has 1 fully saturated rings. The number of aromatic carboxylic acids is 1. The summed E-state index contributed by atoms with van der Waals surface area (Å²) in [7, 11) is 0. The number of pyridine rings is 1. The minimum atomic E-state index is -1.11. The third-order valence-corrected chi connectivity index (χ3v) is 6.61. The second-order valence-corrected chi connectivity index (χ2v) is 9.61. The number of aliphatic imine (C=N–C) groups is 1. The SMILES string of the molecule is C=CC(=N/C(=C\C)C(CCC)N1CCOCCOCCN(Cc2cccc(C(=O)O)n2)CCOCCOCC1)C(=O)O.CC.CC. The third kappa shape index (κ3) is 18.2. The Hall–Kier alpha value is -3.00. The number of allylic oxidation sites excluding steroid dienone is 1. The molecule has 0 saturated carbocycles. The smallest absolute Gasteiger partial charge is 0.354 e. The Kier molecular flexibility index (Phi) is 26.4.